The predicted octanol–water partition coefficient (Wildman–Crippen LogP) is 21.3. The third kappa shape index (κ3) is 9.65. The second-order valence-corrected chi connectivity index (χ2v) is 34.4. The van der Waals surface area contributed by atoms with Gasteiger partial charge in [0.15, 0.2) is 11.6 Å². The van der Waals surface area contributed by atoms with Crippen LogP contribution in [-0.4, -0.2) is 16.1 Å². The molecule has 0 N–H and O–H groups in total. The third-order valence-corrected chi connectivity index (χ3v) is 21.2. The van der Waals surface area contributed by atoms with Crippen LogP contribution in [0.5, 0.6) is 0 Å². The van der Waals surface area contributed by atoms with Gasteiger partial charge in [0.25, 0.3) is 0 Å². The third-order valence-electron chi connectivity index (χ3n) is 15.9. The maximum absolute atomic E-state index is 18.0. The lowest BCUT2D eigenvalue weighted by Crippen LogP contribution is -2.37. The molecule has 0 saturated carbocycles. The summed E-state index contributed by atoms with van der Waals surface area (Å²) < 4.78 is 38.1. The largest absolute Gasteiger partial charge is 0.308 e. The Hall–Kier alpha value is -8.73. The Morgan fingerprint density at radius 2 is 0.691 bits per heavy atom. The van der Waals surface area contributed by atoms with Crippen LogP contribution in [0.25, 0.3) is 86.2 Å². The molecule has 0 spiro atoms. The fraction of sp³-hybridized carbons (Fsp3) is 0.0811. The number of thiophene rings is 1. The Morgan fingerprint density at radius 3 is 1.14 bits per heavy atom. The molecule has 0 amide bonds. The van der Waals surface area contributed by atoms with E-state index in [4.69, 9.17) is 0 Å². The van der Waals surface area contributed by atoms with Crippen molar-refractivity contribution in [3.8, 4) is 44.5 Å². The summed E-state index contributed by atoms with van der Waals surface area (Å²) in [5, 5.41) is 9.42. The van der Waals surface area contributed by atoms with Crippen molar-refractivity contribution < 1.29 is 8.78 Å². The van der Waals surface area contributed by atoms with Crippen LogP contribution in [0.4, 0.5) is 42.9 Å². The SMILES string of the molecule is C[Si](C)(C)c1ccc(N(c2ccc3c(c2)sc2c4ccc(N(c5ccc([Si](C)(C)C)cc5)c5cc(-c6ccccc6)cc(-c6ccccc6)c5F)cc4c4ccccc4c32)c2cc(-c3ccccc3)cc(-c3ccccc3)c2F)cc1. The van der Waals surface area contributed by atoms with E-state index >= 15 is 8.78 Å². The molecule has 0 atom stereocenters. The zero-order valence-corrected chi connectivity index (χ0v) is 49.1. The van der Waals surface area contributed by atoms with Crippen molar-refractivity contribution in [3.05, 3.63) is 266 Å². The van der Waals surface area contributed by atoms with E-state index in [9.17, 15) is 0 Å². The average Bonchev–Trinajstić information content (AvgIpc) is 4.17. The molecule has 0 aliphatic rings. The van der Waals surface area contributed by atoms with Crippen LogP contribution in [0.3, 0.4) is 0 Å². The number of halogens is 2. The highest BCUT2D eigenvalue weighted by molar-refractivity contribution is 7.27. The minimum Gasteiger partial charge on any atom is -0.308 e. The van der Waals surface area contributed by atoms with Gasteiger partial charge in [-0.2, -0.15) is 0 Å². The molecular weight excluding hydrogens is 1040 g/mol. The Bertz CT molecular complexity index is 4480. The molecule has 0 radical (unpaired) electrons. The molecular formula is C74H60F2N2SSi2. The number of hydrogen-bond donors (Lipinski definition) is 0. The van der Waals surface area contributed by atoms with Gasteiger partial charge in [0.2, 0.25) is 0 Å². The Kier molecular flexibility index (Phi) is 13.2. The highest BCUT2D eigenvalue weighted by Crippen LogP contribution is 2.50. The maximum Gasteiger partial charge on any atom is 0.155 e. The number of nitrogens with zero attached hydrogens (tertiary/aromatic N) is 2. The van der Waals surface area contributed by atoms with Gasteiger partial charge >= 0.3 is 0 Å². The van der Waals surface area contributed by atoms with Crippen molar-refractivity contribution in [3.63, 3.8) is 0 Å². The summed E-state index contributed by atoms with van der Waals surface area (Å²) in [7, 11) is -3.33. The summed E-state index contributed by atoms with van der Waals surface area (Å²) in [6, 6.07) is 87.8. The molecule has 0 bridgehead atoms. The summed E-state index contributed by atoms with van der Waals surface area (Å²) in [6.45, 7) is 14.1. The number of rotatable bonds is 12. The Morgan fingerprint density at radius 1 is 0.309 bits per heavy atom. The van der Waals surface area contributed by atoms with Crippen LogP contribution in [0.15, 0.2) is 255 Å². The molecule has 0 aliphatic heterocycles. The van der Waals surface area contributed by atoms with E-state index in [0.29, 0.717) is 22.5 Å². The van der Waals surface area contributed by atoms with Crippen LogP contribution < -0.4 is 20.2 Å². The van der Waals surface area contributed by atoms with Crippen molar-refractivity contribution in [2.75, 3.05) is 9.80 Å². The van der Waals surface area contributed by atoms with Crippen LogP contribution in [0.2, 0.25) is 39.3 Å². The van der Waals surface area contributed by atoms with Gasteiger partial charge < -0.3 is 9.80 Å². The Labute approximate surface area is 479 Å². The molecule has 2 nitrogen and oxygen atoms in total. The van der Waals surface area contributed by atoms with Gasteiger partial charge in [-0.25, -0.2) is 8.78 Å². The molecule has 7 heteroatoms. The minimum atomic E-state index is -1.67. The van der Waals surface area contributed by atoms with Gasteiger partial charge in [0.1, 0.15) is 0 Å². The zero-order chi connectivity index (χ0) is 55.6. The van der Waals surface area contributed by atoms with Gasteiger partial charge in [-0.05, 0) is 122 Å². The normalized spacial score (nSPS) is 12.0. The number of benzene rings is 12. The van der Waals surface area contributed by atoms with Crippen LogP contribution >= 0.6 is 11.3 Å². The molecule has 1 aromatic heterocycles. The molecule has 0 fully saturated rings. The number of hydrogen-bond acceptors (Lipinski definition) is 3. The van der Waals surface area contributed by atoms with E-state index in [0.717, 1.165) is 92.5 Å². The zero-order valence-electron chi connectivity index (χ0n) is 46.3. The van der Waals surface area contributed by atoms with E-state index in [1.807, 2.05) is 121 Å². The van der Waals surface area contributed by atoms with Crippen LogP contribution in [0.1, 0.15) is 0 Å². The van der Waals surface area contributed by atoms with Crippen molar-refractivity contribution in [1.29, 1.82) is 0 Å². The van der Waals surface area contributed by atoms with Gasteiger partial charge in [0.05, 0.1) is 27.5 Å². The van der Waals surface area contributed by atoms with Gasteiger partial charge in [-0.1, -0.05) is 232 Å². The van der Waals surface area contributed by atoms with Gasteiger partial charge in [-0.15, -0.1) is 11.3 Å². The first-order valence-electron chi connectivity index (χ1n) is 27.8. The van der Waals surface area contributed by atoms with Crippen molar-refractivity contribution in [2.24, 2.45) is 0 Å². The lowest BCUT2D eigenvalue weighted by atomic mass is 9.95. The highest BCUT2D eigenvalue weighted by atomic mass is 32.1. The lowest BCUT2D eigenvalue weighted by Gasteiger charge is -2.29. The molecule has 1 heterocycles. The van der Waals surface area contributed by atoms with Crippen molar-refractivity contribution >= 4 is 114 Å². The molecule has 13 rings (SSSR count). The molecule has 81 heavy (non-hydrogen) atoms. The second-order valence-electron chi connectivity index (χ2n) is 23.2. The molecule has 394 valence electrons. The van der Waals surface area contributed by atoms with Crippen molar-refractivity contribution in [1.82, 2.24) is 0 Å². The van der Waals surface area contributed by atoms with Crippen LogP contribution in [-0.2, 0) is 0 Å². The molecule has 0 unspecified atom stereocenters. The summed E-state index contributed by atoms with van der Waals surface area (Å²) in [5.41, 5.74) is 11.0. The summed E-state index contributed by atoms with van der Waals surface area (Å²) in [5.74, 6) is -0.580. The summed E-state index contributed by atoms with van der Waals surface area (Å²) >= 11 is 1.77. The smallest absolute Gasteiger partial charge is 0.155 e. The average molecular weight is 1100 g/mol. The lowest BCUT2D eigenvalue weighted by molar-refractivity contribution is 0.632. The standard InChI is InChI=1S/C74H60F2N2SSi2/c1-80(2,3)59-37-31-55(32-38-59)77(68-45-53(49-21-11-7-12-22-49)43-65(72(68)75)51-25-15-9-16-26-51)57-35-41-63-67(47-57)61-29-19-20-30-62(61)71-64-42-36-58(48-70(64)79-74(63)71)78(56-33-39-60(40-34-56)81(4,5)6)69-46-54(50-23-13-8-14-24-50)44-66(73(69)76)52-27-17-10-18-28-52/h7-48H,1-6H3. The molecule has 0 aliphatic carbocycles. The molecule has 13 aromatic rings. The first kappa shape index (κ1) is 51.7. The summed E-state index contributed by atoms with van der Waals surface area (Å²) in [4.78, 5) is 4.21. The van der Waals surface area contributed by atoms with E-state index in [-0.39, 0.29) is 11.6 Å². The fourth-order valence-electron chi connectivity index (χ4n) is 11.6. The second kappa shape index (κ2) is 20.7. The first-order chi connectivity index (χ1) is 39.3. The van der Waals surface area contributed by atoms with E-state index in [2.05, 4.69) is 183 Å². The van der Waals surface area contributed by atoms with E-state index in [1.54, 1.807) is 11.3 Å². The van der Waals surface area contributed by atoms with Crippen LogP contribution in [0, 0.1) is 11.6 Å². The highest BCUT2D eigenvalue weighted by Gasteiger charge is 2.27. The topological polar surface area (TPSA) is 6.48 Å². The quantitative estimate of drug-likeness (QED) is 0.0889. The van der Waals surface area contributed by atoms with Gasteiger partial charge in [0, 0.05) is 59.4 Å². The number of fused-ring (bicyclic) bond motifs is 8. The minimum absolute atomic E-state index is 0.289. The monoisotopic (exact) mass is 1100 g/mol. The van der Waals surface area contributed by atoms with Gasteiger partial charge in [-0.3, -0.25) is 0 Å². The fourth-order valence-corrected chi connectivity index (χ4v) is 15.2. The van der Waals surface area contributed by atoms with E-state index < -0.39 is 16.1 Å². The maximum atomic E-state index is 18.0. The van der Waals surface area contributed by atoms with Crippen molar-refractivity contribution in [2.45, 2.75) is 39.3 Å². The molecule has 0 saturated heterocycles. The number of anilines is 6. The summed E-state index contributed by atoms with van der Waals surface area (Å²) in [6.07, 6.45) is 0. The Balaban J connectivity index is 1.02. The predicted molar refractivity (Wildman–Crippen MR) is 351 cm³/mol. The molecule has 12 aromatic carbocycles. The van der Waals surface area contributed by atoms with E-state index in [1.165, 1.54) is 15.8 Å². The first-order valence-corrected chi connectivity index (χ1v) is 35.6.